The molecule has 0 aliphatic carbocycles. The number of carbonyl (C=O) groups is 1. The summed E-state index contributed by atoms with van der Waals surface area (Å²) in [6.45, 7) is 8.32. The smallest absolute Gasteiger partial charge is 0.314 e. The van der Waals surface area contributed by atoms with Crippen molar-refractivity contribution in [1.29, 1.82) is 0 Å². The van der Waals surface area contributed by atoms with E-state index < -0.39 is 0 Å². The van der Waals surface area contributed by atoms with E-state index in [-0.39, 0.29) is 18.1 Å². The molecule has 0 saturated carbocycles. The lowest BCUT2D eigenvalue weighted by Gasteiger charge is -2.38. The topological polar surface area (TPSA) is 78.6 Å². The van der Waals surface area contributed by atoms with Crippen LogP contribution in [0.3, 0.4) is 0 Å². The first kappa shape index (κ1) is 15.2. The van der Waals surface area contributed by atoms with Gasteiger partial charge in [0.1, 0.15) is 0 Å². The van der Waals surface area contributed by atoms with E-state index in [9.17, 15) is 9.90 Å². The largest absolute Gasteiger partial charge is 0.393 e. The van der Waals surface area contributed by atoms with Crippen LogP contribution in [0.15, 0.2) is 0 Å². The SMILES string of the molecule is CCNC1CC(CC(O)C(C)C)CN(C(N)=O)C1. The first-order chi connectivity index (χ1) is 8.43. The highest BCUT2D eigenvalue weighted by Gasteiger charge is 2.30. The van der Waals surface area contributed by atoms with E-state index >= 15 is 0 Å². The Bertz CT molecular complexity index is 271. The molecule has 3 unspecified atom stereocenters. The summed E-state index contributed by atoms with van der Waals surface area (Å²) in [6.07, 6.45) is 1.44. The van der Waals surface area contributed by atoms with Crippen molar-refractivity contribution in [2.24, 2.45) is 17.6 Å². The molecule has 106 valence electrons. The predicted molar refractivity (Wildman–Crippen MR) is 72.2 cm³/mol. The number of likely N-dealkylation sites (N-methyl/N-ethyl adjacent to an activating group) is 1. The van der Waals surface area contributed by atoms with Crippen LogP contribution in [0.2, 0.25) is 0 Å². The molecule has 18 heavy (non-hydrogen) atoms. The van der Waals surface area contributed by atoms with Gasteiger partial charge in [-0.15, -0.1) is 0 Å². The summed E-state index contributed by atoms with van der Waals surface area (Å²) < 4.78 is 0. The van der Waals surface area contributed by atoms with Crippen molar-refractivity contribution >= 4 is 6.03 Å². The third kappa shape index (κ3) is 4.46. The highest BCUT2D eigenvalue weighted by Crippen LogP contribution is 2.23. The van der Waals surface area contributed by atoms with Gasteiger partial charge in [0, 0.05) is 19.1 Å². The fourth-order valence-electron chi connectivity index (χ4n) is 2.60. The first-order valence-electron chi connectivity index (χ1n) is 6.89. The maximum absolute atomic E-state index is 11.3. The van der Waals surface area contributed by atoms with Crippen molar-refractivity contribution in [3.8, 4) is 0 Å². The van der Waals surface area contributed by atoms with Crippen molar-refractivity contribution in [3.63, 3.8) is 0 Å². The average Bonchev–Trinajstić information content (AvgIpc) is 2.28. The van der Waals surface area contributed by atoms with E-state index in [4.69, 9.17) is 5.73 Å². The van der Waals surface area contributed by atoms with Crippen molar-refractivity contribution < 1.29 is 9.90 Å². The van der Waals surface area contributed by atoms with E-state index in [1.807, 2.05) is 13.8 Å². The van der Waals surface area contributed by atoms with Gasteiger partial charge in [-0.25, -0.2) is 4.79 Å². The summed E-state index contributed by atoms with van der Waals surface area (Å²) >= 11 is 0. The molecule has 0 aromatic carbocycles. The summed E-state index contributed by atoms with van der Waals surface area (Å²) in [6, 6.07) is -0.0674. The number of primary amides is 1. The number of likely N-dealkylation sites (tertiary alicyclic amines) is 1. The fraction of sp³-hybridized carbons (Fsp3) is 0.923. The molecule has 0 aromatic rings. The monoisotopic (exact) mass is 257 g/mol. The Morgan fingerprint density at radius 1 is 1.50 bits per heavy atom. The lowest BCUT2D eigenvalue weighted by molar-refractivity contribution is 0.0705. The van der Waals surface area contributed by atoms with Gasteiger partial charge < -0.3 is 21.1 Å². The lowest BCUT2D eigenvalue weighted by atomic mass is 9.87. The molecule has 1 saturated heterocycles. The molecule has 1 heterocycles. The van der Waals surface area contributed by atoms with Crippen LogP contribution < -0.4 is 11.1 Å². The second-order valence-electron chi connectivity index (χ2n) is 5.65. The molecule has 2 amide bonds. The number of piperidine rings is 1. The standard InChI is InChI=1S/C13H27N3O2/c1-4-15-11-5-10(6-12(17)9(2)3)7-16(8-11)13(14)18/h9-12,15,17H,4-8H2,1-3H3,(H2,14,18). The number of nitrogens with one attached hydrogen (secondary N) is 1. The van der Waals surface area contributed by atoms with Crippen molar-refractivity contribution in [1.82, 2.24) is 10.2 Å². The molecular formula is C13H27N3O2. The summed E-state index contributed by atoms with van der Waals surface area (Å²) in [5.74, 6) is 0.583. The summed E-state index contributed by atoms with van der Waals surface area (Å²) in [5, 5.41) is 13.3. The van der Waals surface area contributed by atoms with Gasteiger partial charge in [-0.1, -0.05) is 20.8 Å². The minimum atomic E-state index is -0.360. The Hall–Kier alpha value is -0.810. The van der Waals surface area contributed by atoms with Crippen LogP contribution in [0.1, 0.15) is 33.6 Å². The van der Waals surface area contributed by atoms with Gasteiger partial charge >= 0.3 is 6.03 Å². The van der Waals surface area contributed by atoms with Crippen LogP contribution >= 0.6 is 0 Å². The fourth-order valence-corrected chi connectivity index (χ4v) is 2.60. The van der Waals surface area contributed by atoms with E-state index in [0.717, 1.165) is 19.4 Å². The van der Waals surface area contributed by atoms with E-state index in [1.54, 1.807) is 4.90 Å². The van der Waals surface area contributed by atoms with E-state index in [2.05, 4.69) is 12.2 Å². The Kier molecular flexibility index (Phi) is 5.88. The van der Waals surface area contributed by atoms with Crippen LogP contribution in [-0.2, 0) is 0 Å². The third-order valence-electron chi connectivity index (χ3n) is 3.69. The van der Waals surface area contributed by atoms with Gasteiger partial charge in [0.2, 0.25) is 0 Å². The molecule has 1 fully saturated rings. The van der Waals surface area contributed by atoms with Crippen molar-refractivity contribution in [2.45, 2.75) is 45.8 Å². The lowest BCUT2D eigenvalue weighted by Crippen LogP contribution is -2.53. The number of hydrogen-bond donors (Lipinski definition) is 3. The molecule has 0 bridgehead atoms. The minimum absolute atomic E-state index is 0.256. The number of nitrogens with two attached hydrogens (primary N) is 1. The molecule has 1 aliphatic heterocycles. The summed E-state index contributed by atoms with van der Waals surface area (Å²) in [7, 11) is 0. The maximum Gasteiger partial charge on any atom is 0.314 e. The number of amides is 2. The van der Waals surface area contributed by atoms with Gasteiger partial charge in [0.15, 0.2) is 0 Å². The minimum Gasteiger partial charge on any atom is -0.393 e. The van der Waals surface area contributed by atoms with Gasteiger partial charge in [-0.05, 0) is 31.2 Å². The van der Waals surface area contributed by atoms with Crippen LogP contribution in [0.4, 0.5) is 4.79 Å². The number of aliphatic hydroxyl groups excluding tert-OH is 1. The van der Waals surface area contributed by atoms with Crippen LogP contribution in [0.5, 0.6) is 0 Å². The molecule has 5 heteroatoms. The summed E-state index contributed by atoms with van der Waals surface area (Å²) in [4.78, 5) is 13.0. The molecule has 3 atom stereocenters. The molecule has 4 N–H and O–H groups in total. The molecular weight excluding hydrogens is 230 g/mol. The zero-order valence-corrected chi connectivity index (χ0v) is 11.7. The van der Waals surface area contributed by atoms with E-state index in [1.165, 1.54) is 0 Å². The maximum atomic E-state index is 11.3. The normalized spacial score (nSPS) is 26.4. The molecule has 0 spiro atoms. The molecule has 1 rings (SSSR count). The van der Waals surface area contributed by atoms with Crippen molar-refractivity contribution in [3.05, 3.63) is 0 Å². The van der Waals surface area contributed by atoms with E-state index in [0.29, 0.717) is 25.0 Å². The first-order valence-corrected chi connectivity index (χ1v) is 6.89. The van der Waals surface area contributed by atoms with Crippen LogP contribution in [0.25, 0.3) is 0 Å². The molecule has 5 nitrogen and oxygen atoms in total. The molecule has 1 aliphatic rings. The van der Waals surface area contributed by atoms with Gasteiger partial charge in [-0.3, -0.25) is 0 Å². The van der Waals surface area contributed by atoms with Gasteiger partial charge in [-0.2, -0.15) is 0 Å². The number of hydrogen-bond acceptors (Lipinski definition) is 3. The third-order valence-corrected chi connectivity index (χ3v) is 3.69. The number of aliphatic hydroxyl groups is 1. The van der Waals surface area contributed by atoms with Gasteiger partial charge in [0.05, 0.1) is 6.10 Å². The average molecular weight is 257 g/mol. The Balaban J connectivity index is 2.58. The Morgan fingerprint density at radius 3 is 2.67 bits per heavy atom. The Morgan fingerprint density at radius 2 is 2.17 bits per heavy atom. The molecule has 0 aromatic heterocycles. The second-order valence-corrected chi connectivity index (χ2v) is 5.65. The number of carbonyl (C=O) groups excluding carboxylic acids is 1. The number of nitrogens with zero attached hydrogens (tertiary/aromatic N) is 1. The highest BCUT2D eigenvalue weighted by molar-refractivity contribution is 5.72. The highest BCUT2D eigenvalue weighted by atomic mass is 16.3. The molecule has 0 radical (unpaired) electrons. The summed E-state index contributed by atoms with van der Waals surface area (Å²) in [5.41, 5.74) is 5.38. The van der Waals surface area contributed by atoms with Gasteiger partial charge in [0.25, 0.3) is 0 Å². The van der Waals surface area contributed by atoms with Crippen molar-refractivity contribution in [2.75, 3.05) is 19.6 Å². The second kappa shape index (κ2) is 6.95. The Labute approximate surface area is 110 Å². The zero-order chi connectivity index (χ0) is 13.7. The zero-order valence-electron chi connectivity index (χ0n) is 11.7. The number of rotatable bonds is 5. The number of urea groups is 1. The predicted octanol–water partition coefficient (Wildman–Crippen LogP) is 0.772. The quantitative estimate of drug-likeness (QED) is 0.681. The van der Waals surface area contributed by atoms with Crippen LogP contribution in [0, 0.1) is 11.8 Å². The van der Waals surface area contributed by atoms with Crippen LogP contribution in [-0.4, -0.2) is 47.8 Å².